The summed E-state index contributed by atoms with van der Waals surface area (Å²) < 4.78 is 43.8. The van der Waals surface area contributed by atoms with Crippen molar-refractivity contribution < 1.29 is 27.5 Å². The molecule has 0 bridgehead atoms. The van der Waals surface area contributed by atoms with E-state index in [1.165, 1.54) is 31.0 Å². The van der Waals surface area contributed by atoms with Crippen LogP contribution in [0.5, 0.6) is 5.75 Å². The Labute approximate surface area is 213 Å². The minimum absolute atomic E-state index is 0.0812. The molecule has 1 aliphatic heterocycles. The first-order valence-corrected chi connectivity index (χ1v) is 12.8. The number of ether oxygens (including phenoxy) is 1. The molecule has 2 amide bonds. The number of benzene rings is 1. The summed E-state index contributed by atoms with van der Waals surface area (Å²) in [6.45, 7) is 2.66. The van der Waals surface area contributed by atoms with Crippen molar-refractivity contribution in [3.8, 4) is 5.75 Å². The van der Waals surface area contributed by atoms with Crippen LogP contribution in [-0.2, 0) is 18.4 Å². The number of likely N-dealkylation sites (tertiary alicyclic amines) is 1. The van der Waals surface area contributed by atoms with Crippen molar-refractivity contribution in [1.29, 1.82) is 0 Å². The van der Waals surface area contributed by atoms with Gasteiger partial charge in [0, 0.05) is 45.5 Å². The molecule has 3 fully saturated rings. The highest BCUT2D eigenvalue weighted by Crippen LogP contribution is 2.52. The summed E-state index contributed by atoms with van der Waals surface area (Å²) >= 11 is 0. The highest BCUT2D eigenvalue weighted by molar-refractivity contribution is 5.92. The predicted molar refractivity (Wildman–Crippen MR) is 128 cm³/mol. The number of carbonyl (C=O) groups excluding carboxylic acids is 2. The molecule has 3 aliphatic rings. The summed E-state index contributed by atoms with van der Waals surface area (Å²) in [6, 6.07) is 6.03. The average Bonchev–Trinajstić information content (AvgIpc) is 3.31. The van der Waals surface area contributed by atoms with E-state index in [9.17, 15) is 22.8 Å². The number of halogens is 3. The fourth-order valence-corrected chi connectivity index (χ4v) is 5.90. The summed E-state index contributed by atoms with van der Waals surface area (Å²) in [4.78, 5) is 33.7. The summed E-state index contributed by atoms with van der Waals surface area (Å²) in [7, 11) is 1.77. The molecule has 2 aromatic rings. The molecule has 2 unspecified atom stereocenters. The molecule has 200 valence electrons. The zero-order chi connectivity index (χ0) is 26.2. The molecule has 1 N–H and O–H groups in total. The van der Waals surface area contributed by atoms with Gasteiger partial charge in [0.15, 0.2) is 0 Å². The highest BCUT2D eigenvalue weighted by atomic mass is 19.4. The van der Waals surface area contributed by atoms with Crippen LogP contribution in [0.15, 0.2) is 36.8 Å². The fraction of sp³-hybridized carbons (Fsp3) is 0.577. The first kappa shape index (κ1) is 25.6. The smallest absolute Gasteiger partial charge is 0.406 e. The topological polar surface area (TPSA) is 79.7 Å². The second-order valence-corrected chi connectivity index (χ2v) is 10.5. The van der Waals surface area contributed by atoms with Gasteiger partial charge in [0.05, 0.1) is 12.9 Å². The van der Waals surface area contributed by atoms with E-state index in [2.05, 4.69) is 19.9 Å². The van der Waals surface area contributed by atoms with E-state index in [0.717, 1.165) is 25.9 Å². The zero-order valence-corrected chi connectivity index (χ0v) is 20.8. The summed E-state index contributed by atoms with van der Waals surface area (Å²) in [6.07, 6.45) is 2.87. The van der Waals surface area contributed by atoms with Crippen LogP contribution in [-0.4, -0.2) is 69.7 Å². The lowest BCUT2D eigenvalue weighted by atomic mass is 10.1. The zero-order valence-electron chi connectivity index (χ0n) is 20.8. The number of nitrogens with one attached hydrogen (secondary N) is 1. The molecule has 8 nitrogen and oxygen atoms in total. The number of rotatable bonds is 9. The van der Waals surface area contributed by atoms with Gasteiger partial charge in [-0.3, -0.25) is 14.5 Å². The number of piperidine rings is 1. The van der Waals surface area contributed by atoms with E-state index in [1.54, 1.807) is 35.1 Å². The van der Waals surface area contributed by atoms with Crippen LogP contribution in [0.1, 0.15) is 41.7 Å². The molecule has 2 atom stereocenters. The van der Waals surface area contributed by atoms with Crippen LogP contribution in [0.25, 0.3) is 0 Å². The lowest BCUT2D eigenvalue weighted by molar-refractivity contribution is -0.274. The number of imidazole rings is 1. The van der Waals surface area contributed by atoms with Gasteiger partial charge in [0.2, 0.25) is 5.91 Å². The number of fused-ring (bicyclic) bond motifs is 1. The molecule has 1 aromatic carbocycles. The Morgan fingerprint density at radius 1 is 1.19 bits per heavy atom. The number of alkyl halides is 3. The van der Waals surface area contributed by atoms with Gasteiger partial charge in [-0.1, -0.05) is 25.0 Å². The Morgan fingerprint density at radius 3 is 2.57 bits per heavy atom. The van der Waals surface area contributed by atoms with Crippen LogP contribution < -0.4 is 10.1 Å². The Bertz CT molecular complexity index is 1120. The van der Waals surface area contributed by atoms with E-state index in [4.69, 9.17) is 0 Å². The molecule has 1 aromatic heterocycles. The third-order valence-corrected chi connectivity index (χ3v) is 7.68. The number of aryl methyl sites for hydroxylation is 1. The molecule has 2 saturated carbocycles. The molecule has 0 radical (unpaired) electrons. The Kier molecular flexibility index (Phi) is 7.15. The number of amides is 2. The molecular formula is C26H32F3N5O3. The third kappa shape index (κ3) is 6.44. The van der Waals surface area contributed by atoms with Crippen molar-refractivity contribution >= 4 is 11.8 Å². The lowest BCUT2D eigenvalue weighted by Gasteiger charge is -2.25. The SMILES string of the molecule is Cn1cnc(C(=O)N(Cc2cccc(OC(F)(F)F)c2)CC2C3CN(CC(=O)NC4CCCC4)CC32)c1. The van der Waals surface area contributed by atoms with Gasteiger partial charge in [-0.2, -0.15) is 0 Å². The van der Waals surface area contributed by atoms with Crippen molar-refractivity contribution in [3.05, 3.63) is 48.0 Å². The fourth-order valence-electron chi connectivity index (χ4n) is 5.90. The van der Waals surface area contributed by atoms with Crippen molar-refractivity contribution in [1.82, 2.24) is 24.7 Å². The molecule has 2 heterocycles. The third-order valence-electron chi connectivity index (χ3n) is 7.68. The summed E-state index contributed by atoms with van der Waals surface area (Å²) in [5.41, 5.74) is 0.836. The normalized spacial score (nSPS) is 23.6. The number of nitrogens with zero attached hydrogens (tertiary/aromatic N) is 4. The maximum Gasteiger partial charge on any atom is 0.573 e. The largest absolute Gasteiger partial charge is 0.573 e. The van der Waals surface area contributed by atoms with Crippen LogP contribution in [0.2, 0.25) is 0 Å². The second-order valence-electron chi connectivity index (χ2n) is 10.5. The average molecular weight is 520 g/mol. The van der Waals surface area contributed by atoms with Crippen LogP contribution >= 0.6 is 0 Å². The van der Waals surface area contributed by atoms with Crippen LogP contribution in [0, 0.1) is 17.8 Å². The Balaban J connectivity index is 1.20. The first-order valence-electron chi connectivity index (χ1n) is 12.8. The highest BCUT2D eigenvalue weighted by Gasteiger charge is 2.56. The van der Waals surface area contributed by atoms with Gasteiger partial charge in [-0.25, -0.2) is 4.98 Å². The van der Waals surface area contributed by atoms with E-state index in [1.807, 2.05) is 0 Å². The minimum atomic E-state index is -4.78. The number of hydrogen-bond donors (Lipinski definition) is 1. The van der Waals surface area contributed by atoms with Crippen molar-refractivity contribution in [2.45, 2.75) is 44.6 Å². The lowest BCUT2D eigenvalue weighted by Crippen LogP contribution is -2.42. The number of carbonyl (C=O) groups is 2. The Morgan fingerprint density at radius 2 is 1.92 bits per heavy atom. The molecule has 0 spiro atoms. The van der Waals surface area contributed by atoms with Gasteiger partial charge in [-0.05, 0) is 48.3 Å². The van der Waals surface area contributed by atoms with Crippen molar-refractivity contribution in [2.75, 3.05) is 26.2 Å². The van der Waals surface area contributed by atoms with Gasteiger partial charge in [0.25, 0.3) is 5.91 Å². The van der Waals surface area contributed by atoms with E-state index < -0.39 is 6.36 Å². The molecule has 37 heavy (non-hydrogen) atoms. The standard InChI is InChI=1S/C26H32F3N5O3/c1-32-14-23(30-16-32)25(36)34(10-17-5-4-8-19(9-17)37-26(27,28)29)13-22-20-11-33(12-21(20)22)15-24(35)31-18-6-2-3-7-18/h4-5,8-9,14,16,18,20-22H,2-3,6-7,10-13,15H2,1H3,(H,31,35). The van der Waals surface area contributed by atoms with E-state index >= 15 is 0 Å². The van der Waals surface area contributed by atoms with E-state index in [0.29, 0.717) is 42.2 Å². The molecule has 5 rings (SSSR count). The molecular weight excluding hydrogens is 487 g/mol. The molecule has 2 aliphatic carbocycles. The van der Waals surface area contributed by atoms with Gasteiger partial charge < -0.3 is 19.5 Å². The van der Waals surface area contributed by atoms with Gasteiger partial charge >= 0.3 is 6.36 Å². The number of aromatic nitrogens is 2. The molecule has 1 saturated heterocycles. The van der Waals surface area contributed by atoms with Gasteiger partial charge in [0.1, 0.15) is 11.4 Å². The quantitative estimate of drug-likeness (QED) is 0.551. The Hall–Kier alpha value is -3.08. The summed E-state index contributed by atoms with van der Waals surface area (Å²) in [5, 5.41) is 3.14. The van der Waals surface area contributed by atoms with Crippen molar-refractivity contribution in [2.24, 2.45) is 24.8 Å². The van der Waals surface area contributed by atoms with E-state index in [-0.39, 0.29) is 30.0 Å². The predicted octanol–water partition coefficient (Wildman–Crippen LogP) is 3.20. The second kappa shape index (κ2) is 10.4. The monoisotopic (exact) mass is 519 g/mol. The van der Waals surface area contributed by atoms with Crippen LogP contribution in [0.4, 0.5) is 13.2 Å². The first-order chi connectivity index (χ1) is 17.6. The van der Waals surface area contributed by atoms with Crippen molar-refractivity contribution in [3.63, 3.8) is 0 Å². The molecule has 11 heteroatoms. The minimum Gasteiger partial charge on any atom is -0.406 e. The summed E-state index contributed by atoms with van der Waals surface area (Å²) in [5.74, 6) is 0.594. The maximum atomic E-state index is 13.3. The van der Waals surface area contributed by atoms with Gasteiger partial charge in [-0.15, -0.1) is 13.2 Å². The maximum absolute atomic E-state index is 13.3. The van der Waals surface area contributed by atoms with Crippen LogP contribution in [0.3, 0.4) is 0 Å². The number of hydrogen-bond acceptors (Lipinski definition) is 5.